The fourth-order valence-corrected chi connectivity index (χ4v) is 3.74. The van der Waals surface area contributed by atoms with Crippen LogP contribution in [-0.4, -0.2) is 75.4 Å². The molecule has 0 amide bonds. The Morgan fingerprint density at radius 1 is 1.30 bits per heavy atom. The van der Waals surface area contributed by atoms with Crippen molar-refractivity contribution in [3.8, 4) is 0 Å². The molecule has 0 aromatic heterocycles. The normalized spacial score (nSPS) is 32.7. The molecular weight excluding hydrogens is 250 g/mol. The highest BCUT2D eigenvalue weighted by atomic mass is 16.5. The van der Waals surface area contributed by atoms with Gasteiger partial charge >= 0.3 is 0 Å². The summed E-state index contributed by atoms with van der Waals surface area (Å²) in [5.74, 6) is 0.868. The van der Waals surface area contributed by atoms with Crippen molar-refractivity contribution in [3.63, 3.8) is 0 Å². The van der Waals surface area contributed by atoms with Crippen molar-refractivity contribution in [2.24, 2.45) is 5.92 Å². The van der Waals surface area contributed by atoms with E-state index in [1.54, 1.807) is 0 Å². The minimum Gasteiger partial charge on any atom is -0.379 e. The van der Waals surface area contributed by atoms with E-state index in [4.69, 9.17) is 4.74 Å². The van der Waals surface area contributed by atoms with Gasteiger partial charge in [0.1, 0.15) is 0 Å². The lowest BCUT2D eigenvalue weighted by Gasteiger charge is -2.45. The molecule has 1 N–H and O–H groups in total. The van der Waals surface area contributed by atoms with E-state index in [2.05, 4.69) is 36.1 Å². The number of hydrogen-bond acceptors (Lipinski definition) is 4. The standard InChI is InChI=1S/C16H33N3O/c1-15-5-4-6-16(13-15,18(2)3)14-17-7-8-19-9-11-20-12-10-19/h15,17H,4-14H2,1-3H3. The summed E-state index contributed by atoms with van der Waals surface area (Å²) in [6.45, 7) is 9.79. The number of rotatable bonds is 6. The Balaban J connectivity index is 1.72. The number of hydrogen-bond donors (Lipinski definition) is 1. The Kier molecular flexibility index (Phi) is 6.27. The quantitative estimate of drug-likeness (QED) is 0.746. The molecule has 1 saturated heterocycles. The third kappa shape index (κ3) is 4.42. The van der Waals surface area contributed by atoms with Gasteiger partial charge < -0.3 is 15.0 Å². The summed E-state index contributed by atoms with van der Waals surface area (Å²) >= 11 is 0. The van der Waals surface area contributed by atoms with Crippen LogP contribution in [0.5, 0.6) is 0 Å². The third-order valence-electron chi connectivity index (χ3n) is 5.18. The highest BCUT2D eigenvalue weighted by molar-refractivity contribution is 4.94. The fraction of sp³-hybridized carbons (Fsp3) is 1.00. The van der Waals surface area contributed by atoms with Gasteiger partial charge in [-0.3, -0.25) is 4.90 Å². The van der Waals surface area contributed by atoms with Crippen molar-refractivity contribution in [2.75, 3.05) is 60.0 Å². The zero-order chi connectivity index (χ0) is 14.4. The maximum Gasteiger partial charge on any atom is 0.0594 e. The summed E-state index contributed by atoms with van der Waals surface area (Å²) in [6, 6.07) is 0. The predicted octanol–water partition coefficient (Wildman–Crippen LogP) is 1.42. The first-order valence-electron chi connectivity index (χ1n) is 8.31. The van der Waals surface area contributed by atoms with Gasteiger partial charge in [0.15, 0.2) is 0 Å². The highest BCUT2D eigenvalue weighted by Crippen LogP contribution is 2.35. The minimum absolute atomic E-state index is 0.378. The second-order valence-corrected chi connectivity index (χ2v) is 6.95. The molecule has 118 valence electrons. The average molecular weight is 283 g/mol. The van der Waals surface area contributed by atoms with Crippen LogP contribution in [0.15, 0.2) is 0 Å². The maximum atomic E-state index is 5.39. The van der Waals surface area contributed by atoms with Gasteiger partial charge in [-0.1, -0.05) is 19.8 Å². The molecular formula is C16H33N3O. The van der Waals surface area contributed by atoms with Gasteiger partial charge in [-0.15, -0.1) is 0 Å². The Hall–Kier alpha value is -0.160. The molecule has 0 bridgehead atoms. The number of ether oxygens (including phenoxy) is 1. The Labute approximate surface area is 124 Å². The van der Waals surface area contributed by atoms with E-state index < -0.39 is 0 Å². The molecule has 2 fully saturated rings. The molecule has 4 heteroatoms. The maximum absolute atomic E-state index is 5.39. The van der Waals surface area contributed by atoms with Crippen LogP contribution >= 0.6 is 0 Å². The molecule has 1 aliphatic heterocycles. The van der Waals surface area contributed by atoms with Crippen LogP contribution in [-0.2, 0) is 4.74 Å². The smallest absolute Gasteiger partial charge is 0.0594 e. The van der Waals surface area contributed by atoms with Crippen LogP contribution in [0.4, 0.5) is 0 Å². The summed E-state index contributed by atoms with van der Waals surface area (Å²) in [6.07, 6.45) is 5.47. The first-order chi connectivity index (χ1) is 9.62. The van der Waals surface area contributed by atoms with Crippen molar-refractivity contribution < 1.29 is 4.74 Å². The topological polar surface area (TPSA) is 27.7 Å². The third-order valence-corrected chi connectivity index (χ3v) is 5.18. The number of morpholine rings is 1. The predicted molar refractivity (Wildman–Crippen MR) is 84.2 cm³/mol. The van der Waals surface area contributed by atoms with Gasteiger partial charge in [-0.25, -0.2) is 0 Å². The van der Waals surface area contributed by atoms with Gasteiger partial charge in [0.2, 0.25) is 0 Å². The summed E-state index contributed by atoms with van der Waals surface area (Å²) in [5, 5.41) is 3.72. The van der Waals surface area contributed by atoms with Crippen molar-refractivity contribution in [1.82, 2.24) is 15.1 Å². The lowest BCUT2D eigenvalue weighted by atomic mass is 9.75. The first kappa shape index (κ1) is 16.2. The van der Waals surface area contributed by atoms with E-state index in [9.17, 15) is 0 Å². The van der Waals surface area contributed by atoms with Crippen molar-refractivity contribution in [2.45, 2.75) is 38.1 Å². The summed E-state index contributed by atoms with van der Waals surface area (Å²) in [4.78, 5) is 4.97. The van der Waals surface area contributed by atoms with Crippen LogP contribution in [0.25, 0.3) is 0 Å². The Morgan fingerprint density at radius 3 is 2.70 bits per heavy atom. The molecule has 2 rings (SSSR count). The number of nitrogens with zero attached hydrogens (tertiary/aromatic N) is 2. The lowest BCUT2D eigenvalue weighted by Crippen LogP contribution is -2.55. The second kappa shape index (κ2) is 7.74. The fourth-order valence-electron chi connectivity index (χ4n) is 3.74. The van der Waals surface area contributed by atoms with E-state index in [0.29, 0.717) is 5.54 Å². The molecule has 0 aromatic rings. The molecule has 20 heavy (non-hydrogen) atoms. The molecule has 2 unspecified atom stereocenters. The summed E-state index contributed by atoms with van der Waals surface area (Å²) in [5.41, 5.74) is 0.378. The van der Waals surface area contributed by atoms with Crippen LogP contribution in [0.3, 0.4) is 0 Å². The summed E-state index contributed by atoms with van der Waals surface area (Å²) in [7, 11) is 4.50. The molecule has 1 heterocycles. The van der Waals surface area contributed by atoms with E-state index in [1.165, 1.54) is 25.7 Å². The Morgan fingerprint density at radius 2 is 2.05 bits per heavy atom. The van der Waals surface area contributed by atoms with Gasteiger partial charge in [-0.05, 0) is 32.9 Å². The SMILES string of the molecule is CC1CCCC(CNCCN2CCOCC2)(N(C)C)C1. The molecule has 1 aliphatic carbocycles. The second-order valence-electron chi connectivity index (χ2n) is 6.95. The molecule has 0 radical (unpaired) electrons. The number of likely N-dealkylation sites (N-methyl/N-ethyl adjacent to an activating group) is 1. The van der Waals surface area contributed by atoms with Crippen LogP contribution < -0.4 is 5.32 Å². The molecule has 1 saturated carbocycles. The minimum atomic E-state index is 0.378. The summed E-state index contributed by atoms with van der Waals surface area (Å²) < 4.78 is 5.39. The van der Waals surface area contributed by atoms with Crippen LogP contribution in [0.1, 0.15) is 32.6 Å². The first-order valence-corrected chi connectivity index (χ1v) is 8.31. The highest BCUT2D eigenvalue weighted by Gasteiger charge is 2.36. The molecule has 0 aromatic carbocycles. The van der Waals surface area contributed by atoms with Gasteiger partial charge in [0, 0.05) is 38.3 Å². The van der Waals surface area contributed by atoms with Crippen molar-refractivity contribution >= 4 is 0 Å². The average Bonchev–Trinajstić information content (AvgIpc) is 2.45. The zero-order valence-corrected chi connectivity index (χ0v) is 13.7. The monoisotopic (exact) mass is 283 g/mol. The van der Waals surface area contributed by atoms with Gasteiger partial charge in [0.05, 0.1) is 13.2 Å². The van der Waals surface area contributed by atoms with Crippen LogP contribution in [0, 0.1) is 5.92 Å². The van der Waals surface area contributed by atoms with Crippen LogP contribution in [0.2, 0.25) is 0 Å². The van der Waals surface area contributed by atoms with E-state index in [-0.39, 0.29) is 0 Å². The lowest BCUT2D eigenvalue weighted by molar-refractivity contribution is 0.0366. The van der Waals surface area contributed by atoms with Crippen molar-refractivity contribution in [3.05, 3.63) is 0 Å². The molecule has 2 atom stereocenters. The molecule has 4 nitrogen and oxygen atoms in total. The van der Waals surface area contributed by atoms with Crippen molar-refractivity contribution in [1.29, 1.82) is 0 Å². The van der Waals surface area contributed by atoms with E-state index in [0.717, 1.165) is 51.9 Å². The largest absolute Gasteiger partial charge is 0.379 e. The molecule has 2 aliphatic rings. The molecule has 0 spiro atoms. The number of nitrogens with one attached hydrogen (secondary N) is 1. The van der Waals surface area contributed by atoms with E-state index >= 15 is 0 Å². The Bertz CT molecular complexity index is 279. The van der Waals surface area contributed by atoms with E-state index in [1.807, 2.05) is 0 Å². The van der Waals surface area contributed by atoms with Gasteiger partial charge in [-0.2, -0.15) is 0 Å². The zero-order valence-electron chi connectivity index (χ0n) is 13.7. The van der Waals surface area contributed by atoms with Gasteiger partial charge in [0.25, 0.3) is 0 Å².